The molecule has 0 atom stereocenters. The third kappa shape index (κ3) is 2.57. The van der Waals surface area contributed by atoms with Gasteiger partial charge in [-0.25, -0.2) is 0 Å². The second kappa shape index (κ2) is 5.70. The number of fused-ring (bicyclic) bond motifs is 3. The highest BCUT2D eigenvalue weighted by atomic mass is 35.5. The molecule has 2 aromatic carbocycles. The van der Waals surface area contributed by atoms with Crippen molar-refractivity contribution in [3.63, 3.8) is 0 Å². The van der Waals surface area contributed by atoms with Crippen LogP contribution in [-0.4, -0.2) is 13.0 Å². The van der Waals surface area contributed by atoms with Crippen molar-refractivity contribution in [2.75, 3.05) is 0 Å². The highest BCUT2D eigenvalue weighted by Gasteiger charge is 2.17. The average molecular weight is 395 g/mol. The van der Waals surface area contributed by atoms with Crippen LogP contribution in [0.25, 0.3) is 21.0 Å². The largest absolute Gasteiger partial charge is 0.319 e. The fourth-order valence-corrected chi connectivity index (χ4v) is 6.37. The molecule has 0 N–H and O–H groups in total. The predicted octanol–water partition coefficient (Wildman–Crippen LogP) is 4.40. The molecule has 2 heterocycles. The maximum absolute atomic E-state index is 12.5. The van der Waals surface area contributed by atoms with Crippen molar-refractivity contribution in [3.05, 3.63) is 57.7 Å². The van der Waals surface area contributed by atoms with Gasteiger partial charge in [-0.2, -0.15) is 8.42 Å². The third-order valence-corrected chi connectivity index (χ3v) is 7.96. The van der Waals surface area contributed by atoms with Crippen LogP contribution in [0, 0.1) is 0 Å². The molecule has 4 aromatic rings. The van der Waals surface area contributed by atoms with E-state index in [1.165, 1.54) is 17.4 Å². The smallest absolute Gasteiger partial charge is 0.294 e. The summed E-state index contributed by atoms with van der Waals surface area (Å²) in [6, 6.07) is 15.1. The van der Waals surface area contributed by atoms with E-state index < -0.39 is 10.0 Å². The van der Waals surface area contributed by atoms with E-state index in [1.54, 1.807) is 10.6 Å². The number of hydrogen-bond donors (Lipinski definition) is 0. The minimum absolute atomic E-state index is 0.148. The van der Waals surface area contributed by atoms with Crippen LogP contribution in [-0.2, 0) is 17.1 Å². The number of aromatic nitrogens is 1. The van der Waals surface area contributed by atoms with Gasteiger partial charge in [-0.3, -0.25) is 0 Å². The summed E-state index contributed by atoms with van der Waals surface area (Å²) in [6.07, 6.45) is 0. The first kappa shape index (κ1) is 15.8. The van der Waals surface area contributed by atoms with Gasteiger partial charge in [0, 0.05) is 12.4 Å². The Morgan fingerprint density at radius 3 is 2.58 bits per heavy atom. The maximum atomic E-state index is 12.5. The lowest BCUT2D eigenvalue weighted by Gasteiger charge is -1.99. The number of nitrogens with zero attached hydrogens (tertiary/aromatic N) is 2. The summed E-state index contributed by atoms with van der Waals surface area (Å²) >= 11 is 8.22. The van der Waals surface area contributed by atoms with Gasteiger partial charge in [0.25, 0.3) is 10.0 Å². The number of thiophene rings is 1. The SMILES string of the molecule is Cn1/c(=N\S(=O)(=O)c2ccc(Cl)s2)sc2c3ccccc3ccc21. The Hall–Kier alpha value is -1.67. The van der Waals surface area contributed by atoms with Crippen molar-refractivity contribution in [3.8, 4) is 0 Å². The van der Waals surface area contributed by atoms with E-state index >= 15 is 0 Å². The van der Waals surface area contributed by atoms with E-state index in [1.807, 2.05) is 43.4 Å². The third-order valence-electron chi connectivity index (χ3n) is 3.70. The summed E-state index contributed by atoms with van der Waals surface area (Å²) < 4.78 is 32.4. The van der Waals surface area contributed by atoms with E-state index in [0.717, 1.165) is 32.3 Å². The molecule has 2 aromatic heterocycles. The first-order valence-electron chi connectivity index (χ1n) is 6.99. The number of aryl methyl sites for hydroxylation is 1. The Morgan fingerprint density at radius 2 is 1.83 bits per heavy atom. The minimum atomic E-state index is -3.77. The molecule has 8 heteroatoms. The number of halogens is 1. The van der Waals surface area contributed by atoms with Gasteiger partial charge in [0.05, 0.1) is 14.6 Å². The van der Waals surface area contributed by atoms with Crippen LogP contribution >= 0.6 is 34.3 Å². The molecular formula is C16H11ClN2O2S3. The zero-order valence-electron chi connectivity index (χ0n) is 12.4. The fourth-order valence-electron chi connectivity index (χ4n) is 2.53. The molecule has 0 aliphatic rings. The monoisotopic (exact) mass is 394 g/mol. The molecule has 0 saturated carbocycles. The molecule has 0 aliphatic carbocycles. The van der Waals surface area contributed by atoms with Gasteiger partial charge in [0.1, 0.15) is 4.21 Å². The van der Waals surface area contributed by atoms with Crippen LogP contribution in [0.15, 0.2) is 57.1 Å². The Morgan fingerprint density at radius 1 is 1.04 bits per heavy atom. The van der Waals surface area contributed by atoms with Crippen LogP contribution in [0.1, 0.15) is 0 Å². The molecule has 4 rings (SSSR count). The van der Waals surface area contributed by atoms with Gasteiger partial charge in [0.2, 0.25) is 4.80 Å². The number of rotatable bonds is 2. The molecule has 122 valence electrons. The van der Waals surface area contributed by atoms with Gasteiger partial charge in [-0.1, -0.05) is 53.3 Å². The number of sulfonamides is 1. The summed E-state index contributed by atoms with van der Waals surface area (Å²) in [4.78, 5) is 0.436. The van der Waals surface area contributed by atoms with Crippen LogP contribution in [0.5, 0.6) is 0 Å². The molecule has 0 saturated heterocycles. The van der Waals surface area contributed by atoms with Gasteiger partial charge in [-0.15, -0.1) is 15.7 Å². The number of thiazole rings is 1. The zero-order valence-corrected chi connectivity index (χ0v) is 15.6. The van der Waals surface area contributed by atoms with Crippen molar-refractivity contribution >= 4 is 65.3 Å². The normalized spacial score (nSPS) is 13.2. The van der Waals surface area contributed by atoms with E-state index in [9.17, 15) is 8.42 Å². The quantitative estimate of drug-likeness (QED) is 0.506. The zero-order chi connectivity index (χ0) is 16.9. The molecule has 0 bridgehead atoms. The summed E-state index contributed by atoms with van der Waals surface area (Å²) in [7, 11) is -1.94. The van der Waals surface area contributed by atoms with Crippen molar-refractivity contribution in [1.29, 1.82) is 0 Å². The summed E-state index contributed by atoms with van der Waals surface area (Å²) in [5.41, 5.74) is 0.955. The van der Waals surface area contributed by atoms with Gasteiger partial charge in [-0.05, 0) is 23.6 Å². The Kier molecular flexibility index (Phi) is 3.76. The Balaban J connectivity index is 2.00. The standard InChI is InChI=1S/C16H11ClN2O2S3/c1-19-12-7-6-10-4-2-3-5-11(10)15(12)23-16(19)18-24(20,21)14-9-8-13(17)22-14/h2-9H,1H3/b18-16+. The molecule has 0 spiro atoms. The van der Waals surface area contributed by atoms with E-state index in [-0.39, 0.29) is 4.21 Å². The number of benzene rings is 2. The maximum Gasteiger partial charge on any atom is 0.294 e. The van der Waals surface area contributed by atoms with E-state index in [2.05, 4.69) is 4.40 Å². The topological polar surface area (TPSA) is 51.4 Å². The predicted molar refractivity (Wildman–Crippen MR) is 100 cm³/mol. The van der Waals surface area contributed by atoms with Crippen LogP contribution < -0.4 is 4.80 Å². The minimum Gasteiger partial charge on any atom is -0.319 e. The summed E-state index contributed by atoms with van der Waals surface area (Å²) in [5, 5.41) is 2.21. The Bertz CT molecular complexity index is 1250. The lowest BCUT2D eigenvalue weighted by atomic mass is 10.1. The molecule has 24 heavy (non-hydrogen) atoms. The number of hydrogen-bond acceptors (Lipinski definition) is 4. The lowest BCUT2D eigenvalue weighted by molar-refractivity contribution is 0.598. The van der Waals surface area contributed by atoms with E-state index in [0.29, 0.717) is 9.14 Å². The summed E-state index contributed by atoms with van der Waals surface area (Å²) in [5.74, 6) is 0. The van der Waals surface area contributed by atoms with Crippen LogP contribution in [0.3, 0.4) is 0 Å². The molecule has 4 nitrogen and oxygen atoms in total. The van der Waals surface area contributed by atoms with Gasteiger partial charge < -0.3 is 4.57 Å². The molecule has 0 fully saturated rings. The van der Waals surface area contributed by atoms with Gasteiger partial charge in [0.15, 0.2) is 0 Å². The Labute approximate surface area is 151 Å². The second-order valence-electron chi connectivity index (χ2n) is 5.20. The van der Waals surface area contributed by atoms with Crippen LogP contribution in [0.2, 0.25) is 4.34 Å². The van der Waals surface area contributed by atoms with Crippen molar-refractivity contribution in [2.24, 2.45) is 11.4 Å². The molecule has 0 radical (unpaired) electrons. The van der Waals surface area contributed by atoms with Crippen LogP contribution in [0.4, 0.5) is 0 Å². The molecular weight excluding hydrogens is 384 g/mol. The van der Waals surface area contributed by atoms with Crippen molar-refractivity contribution < 1.29 is 8.42 Å². The van der Waals surface area contributed by atoms with E-state index in [4.69, 9.17) is 11.6 Å². The van der Waals surface area contributed by atoms with Gasteiger partial charge >= 0.3 is 0 Å². The molecule has 0 aliphatic heterocycles. The summed E-state index contributed by atoms with van der Waals surface area (Å²) in [6.45, 7) is 0. The molecule has 0 unspecified atom stereocenters. The average Bonchev–Trinajstić information content (AvgIpc) is 3.13. The van der Waals surface area contributed by atoms with Crippen molar-refractivity contribution in [1.82, 2.24) is 4.57 Å². The van der Waals surface area contributed by atoms with Crippen molar-refractivity contribution in [2.45, 2.75) is 4.21 Å². The lowest BCUT2D eigenvalue weighted by Crippen LogP contribution is -2.13. The highest BCUT2D eigenvalue weighted by Crippen LogP contribution is 2.29. The molecule has 0 amide bonds. The fraction of sp³-hybridized carbons (Fsp3) is 0.0625. The first-order chi connectivity index (χ1) is 11.5. The second-order valence-corrected chi connectivity index (χ2v) is 9.73. The first-order valence-corrected chi connectivity index (χ1v) is 10.4. The highest BCUT2D eigenvalue weighted by molar-refractivity contribution is 7.92.